The summed E-state index contributed by atoms with van der Waals surface area (Å²) >= 11 is 0. The van der Waals surface area contributed by atoms with Crippen molar-refractivity contribution in [3.8, 4) is 0 Å². The van der Waals surface area contributed by atoms with E-state index in [0.29, 0.717) is 5.84 Å². The number of azo groups is 1. The van der Waals surface area contributed by atoms with Crippen LogP contribution in [0.3, 0.4) is 0 Å². The van der Waals surface area contributed by atoms with Crippen LogP contribution in [0.25, 0.3) is 0 Å². The third kappa shape index (κ3) is 9.97. The molecule has 0 unspecified atom stereocenters. The highest BCUT2D eigenvalue weighted by Crippen LogP contribution is 1.81. The number of hydrogen-bond donors (Lipinski definition) is 2. The first-order valence-corrected chi connectivity index (χ1v) is 4.50. The summed E-state index contributed by atoms with van der Waals surface area (Å²) < 4.78 is 8.25. The van der Waals surface area contributed by atoms with E-state index in [1.165, 1.54) is 6.20 Å². The lowest BCUT2D eigenvalue weighted by atomic mass is 10.7. The van der Waals surface area contributed by atoms with Gasteiger partial charge in [-0.2, -0.15) is 20.6 Å². The van der Waals surface area contributed by atoms with E-state index < -0.39 is 0 Å². The highest BCUT2D eigenvalue weighted by atomic mass is 28.2. The number of hydrogen-bond acceptors (Lipinski definition) is 7. The summed E-state index contributed by atoms with van der Waals surface area (Å²) in [5.74, 6) is 5.15. The van der Waals surface area contributed by atoms with Crippen molar-refractivity contribution in [2.75, 3.05) is 0 Å². The van der Waals surface area contributed by atoms with Gasteiger partial charge in [0.25, 0.3) is 0 Å². The molecule has 15 heavy (non-hydrogen) atoms. The minimum atomic E-state index is -0.255. The fourth-order valence-corrected chi connectivity index (χ4v) is 0.582. The van der Waals surface area contributed by atoms with E-state index in [-0.39, 0.29) is 9.92 Å². The molecule has 0 aromatic heterocycles. The fraction of sp³-hybridized carbons (Fsp3) is 0.200. The summed E-state index contributed by atoms with van der Waals surface area (Å²) in [6, 6.07) is 0. The second-order valence-electron chi connectivity index (χ2n) is 1.82. The second-order valence-corrected chi connectivity index (χ2v) is 2.41. The zero-order valence-electron chi connectivity index (χ0n) is 8.03. The summed E-state index contributed by atoms with van der Waals surface area (Å²) in [5.41, 5.74) is 2.25. The van der Waals surface area contributed by atoms with Crippen LogP contribution >= 0.6 is 0 Å². The van der Waals surface area contributed by atoms with Gasteiger partial charge in [-0.3, -0.25) is 4.53 Å². The molecular weight excluding hydrogens is 216 g/mol. The lowest BCUT2D eigenvalue weighted by molar-refractivity contribution is 0.212. The Balaban J connectivity index is 3.60. The molecule has 0 atom stereocenters. The summed E-state index contributed by atoms with van der Waals surface area (Å²) in [6.07, 6.45) is 2.38. The van der Waals surface area contributed by atoms with Crippen LogP contribution < -0.4 is 11.4 Å². The first-order chi connectivity index (χ1) is 7.31. The molecule has 0 aromatic rings. The number of nitrogens with one attached hydrogen (secondary N) is 1. The van der Waals surface area contributed by atoms with Crippen molar-refractivity contribution in [2.45, 2.75) is 6.92 Å². The van der Waals surface area contributed by atoms with Gasteiger partial charge in [-0.15, -0.1) is 15.3 Å². The number of nitrogens with zero attached hydrogens (tertiary/aromatic N) is 6. The van der Waals surface area contributed by atoms with Gasteiger partial charge in [0.2, 0.25) is 0 Å². The van der Waals surface area contributed by atoms with Crippen LogP contribution in [-0.2, 0) is 4.53 Å². The van der Waals surface area contributed by atoms with Gasteiger partial charge in [-0.05, 0) is 6.92 Å². The van der Waals surface area contributed by atoms with Gasteiger partial charge < -0.3 is 5.84 Å². The standard InChI is InChI=1S/C5H10N8OSi/c1-3-8-10-5(2)11-12-14-15-13-9-4-7-6/h3-4,12H,1,6H2,2H3. The van der Waals surface area contributed by atoms with Crippen molar-refractivity contribution in [3.63, 3.8) is 0 Å². The van der Waals surface area contributed by atoms with Gasteiger partial charge in [0, 0.05) is 6.20 Å². The number of amidine groups is 1. The summed E-state index contributed by atoms with van der Waals surface area (Å²) in [4.78, 5) is 0. The molecule has 0 saturated carbocycles. The molecule has 0 amide bonds. The second kappa shape index (κ2) is 10.1. The Bertz CT molecular complexity index is 285. The van der Waals surface area contributed by atoms with E-state index in [4.69, 9.17) is 10.4 Å². The zero-order chi connectivity index (χ0) is 11.4. The van der Waals surface area contributed by atoms with Gasteiger partial charge in [0.1, 0.15) is 0 Å². The Labute approximate surface area is 88.9 Å². The van der Waals surface area contributed by atoms with E-state index in [1.807, 2.05) is 0 Å². The van der Waals surface area contributed by atoms with Crippen molar-refractivity contribution < 1.29 is 4.53 Å². The van der Waals surface area contributed by atoms with Crippen molar-refractivity contribution in [2.24, 2.45) is 36.2 Å². The van der Waals surface area contributed by atoms with Crippen molar-refractivity contribution >= 4 is 22.1 Å². The molecule has 0 aromatic carbocycles. The maximum absolute atomic E-state index is 4.77. The largest absolute Gasteiger partial charge is 0.461 e. The number of rotatable bonds is 6. The minimum absolute atomic E-state index is 0.255. The third-order valence-electron chi connectivity index (χ3n) is 0.800. The summed E-state index contributed by atoms with van der Waals surface area (Å²) in [5, 5.41) is 17.3. The van der Waals surface area contributed by atoms with Gasteiger partial charge >= 0.3 is 9.92 Å². The zero-order valence-corrected chi connectivity index (χ0v) is 9.03. The molecule has 2 radical (unpaired) electrons. The highest BCUT2D eigenvalue weighted by Gasteiger charge is 1.87. The van der Waals surface area contributed by atoms with Crippen LogP contribution in [0.15, 0.2) is 43.1 Å². The summed E-state index contributed by atoms with van der Waals surface area (Å²) in [6.45, 7) is 4.99. The van der Waals surface area contributed by atoms with Crippen LogP contribution in [0.2, 0.25) is 0 Å². The van der Waals surface area contributed by atoms with Gasteiger partial charge in [-0.25, -0.2) is 0 Å². The van der Waals surface area contributed by atoms with Gasteiger partial charge in [-0.1, -0.05) is 6.58 Å². The SMILES string of the molecule is C=CN=NC(C)=NNO[Si]N=NC=NN. The summed E-state index contributed by atoms with van der Waals surface area (Å²) in [7, 11) is -0.255. The van der Waals surface area contributed by atoms with E-state index >= 15 is 0 Å². The lowest BCUT2D eigenvalue weighted by Gasteiger charge is -1.94. The molecule has 0 aliphatic carbocycles. The molecule has 0 spiro atoms. The molecule has 3 N–H and O–H groups in total. The van der Waals surface area contributed by atoms with Gasteiger partial charge in [0.15, 0.2) is 12.2 Å². The molecule has 0 heterocycles. The maximum atomic E-state index is 4.77. The molecular formula is C5H10N8OSi. The Morgan fingerprint density at radius 1 is 1.53 bits per heavy atom. The fourth-order valence-electron chi connectivity index (χ4n) is 0.356. The maximum Gasteiger partial charge on any atom is 0.461 e. The van der Waals surface area contributed by atoms with Crippen LogP contribution in [0.1, 0.15) is 6.92 Å². The predicted molar refractivity (Wildman–Crippen MR) is 55.7 cm³/mol. The third-order valence-corrected chi connectivity index (χ3v) is 1.18. The molecule has 9 nitrogen and oxygen atoms in total. The minimum Gasteiger partial charge on any atom is -0.322 e. The van der Waals surface area contributed by atoms with Crippen molar-refractivity contribution in [1.29, 1.82) is 0 Å². The average molecular weight is 226 g/mol. The molecule has 10 heteroatoms. The quantitative estimate of drug-likeness (QED) is 0.129. The molecule has 0 aliphatic heterocycles. The Morgan fingerprint density at radius 2 is 2.33 bits per heavy atom. The molecule has 0 rings (SSSR count). The first kappa shape index (κ1) is 13.1. The molecule has 0 bridgehead atoms. The van der Waals surface area contributed by atoms with E-state index in [9.17, 15) is 0 Å². The van der Waals surface area contributed by atoms with E-state index in [1.54, 1.807) is 6.92 Å². The molecule has 0 saturated heterocycles. The topological polar surface area (TPSA) is 121 Å². The van der Waals surface area contributed by atoms with Crippen molar-refractivity contribution in [1.82, 2.24) is 5.59 Å². The molecule has 0 aliphatic rings. The van der Waals surface area contributed by atoms with Crippen LogP contribution in [0.4, 0.5) is 0 Å². The van der Waals surface area contributed by atoms with E-state index in [0.717, 1.165) is 6.34 Å². The van der Waals surface area contributed by atoms with Crippen LogP contribution in [-0.4, -0.2) is 22.1 Å². The first-order valence-electron chi connectivity index (χ1n) is 3.64. The Morgan fingerprint density at radius 3 is 3.00 bits per heavy atom. The monoisotopic (exact) mass is 226 g/mol. The van der Waals surface area contributed by atoms with E-state index in [2.05, 4.69) is 42.5 Å². The Kier molecular flexibility index (Phi) is 8.83. The lowest BCUT2D eigenvalue weighted by Crippen LogP contribution is -2.11. The average Bonchev–Trinajstić information content (AvgIpc) is 2.25. The van der Waals surface area contributed by atoms with Gasteiger partial charge in [0.05, 0.1) is 0 Å². The highest BCUT2D eigenvalue weighted by molar-refractivity contribution is 6.23. The molecule has 0 fully saturated rings. The smallest absolute Gasteiger partial charge is 0.322 e. The van der Waals surface area contributed by atoms with Crippen molar-refractivity contribution in [3.05, 3.63) is 12.8 Å². The normalized spacial score (nSPS) is 13.0. The predicted octanol–water partition coefficient (Wildman–Crippen LogP) is 0.325. The Hall–Kier alpha value is -1.94. The number of nitrogens with two attached hydrogens (primary N) is 1. The van der Waals surface area contributed by atoms with Crippen LogP contribution in [0, 0.1) is 0 Å². The van der Waals surface area contributed by atoms with Crippen LogP contribution in [0.5, 0.6) is 0 Å². The number of hydrazone groups is 2. The molecule has 80 valence electrons.